The summed E-state index contributed by atoms with van der Waals surface area (Å²) in [5.41, 5.74) is 2.36. The maximum atomic E-state index is 12.3. The third kappa shape index (κ3) is 4.79. The maximum absolute atomic E-state index is 12.3. The lowest BCUT2D eigenvalue weighted by Gasteiger charge is -2.20. The molecule has 132 valence electrons. The van der Waals surface area contributed by atoms with Crippen molar-refractivity contribution in [2.45, 2.75) is 32.5 Å². The van der Waals surface area contributed by atoms with Crippen LogP contribution in [0.25, 0.3) is 0 Å². The summed E-state index contributed by atoms with van der Waals surface area (Å²) in [6, 6.07) is 14.3. The molecule has 5 nitrogen and oxygen atoms in total. The van der Waals surface area contributed by atoms with E-state index in [1.54, 1.807) is 12.4 Å². The Balaban J connectivity index is 1.50. The van der Waals surface area contributed by atoms with Gasteiger partial charge in [0.25, 0.3) is 0 Å². The summed E-state index contributed by atoms with van der Waals surface area (Å²) in [5, 5.41) is 6.15. The highest BCUT2D eigenvalue weighted by Crippen LogP contribution is 2.19. The van der Waals surface area contributed by atoms with Gasteiger partial charge in [0.15, 0.2) is 0 Å². The molecule has 3 atom stereocenters. The Labute approximate surface area is 149 Å². The fourth-order valence-electron chi connectivity index (χ4n) is 3.37. The molecule has 1 aromatic carbocycles. The lowest BCUT2D eigenvalue weighted by atomic mass is 10.1. The Morgan fingerprint density at radius 3 is 2.64 bits per heavy atom. The lowest BCUT2D eigenvalue weighted by molar-refractivity contribution is 0.231. The van der Waals surface area contributed by atoms with E-state index in [-0.39, 0.29) is 18.1 Å². The number of aromatic nitrogens is 1. The second-order valence-electron chi connectivity index (χ2n) is 6.88. The summed E-state index contributed by atoms with van der Waals surface area (Å²) in [6.07, 6.45) is 3.48. The standard InChI is InChI=1S/C20H26N4O/c1-15-12-24(13-17-6-4-3-5-7-17)14-19(15)23-20(25)22-16(2)18-8-10-21-11-9-18/h3-11,15-16,19H,12-14H2,1-2H3,(H2,22,23,25)/t15-,16-,19+/m0/s1. The smallest absolute Gasteiger partial charge is 0.315 e. The van der Waals surface area contributed by atoms with Gasteiger partial charge in [-0.3, -0.25) is 9.88 Å². The minimum absolute atomic E-state index is 0.0415. The topological polar surface area (TPSA) is 57.3 Å². The summed E-state index contributed by atoms with van der Waals surface area (Å²) in [7, 11) is 0. The van der Waals surface area contributed by atoms with Crippen molar-refractivity contribution in [3.63, 3.8) is 0 Å². The second kappa shape index (κ2) is 8.12. The second-order valence-corrected chi connectivity index (χ2v) is 6.88. The molecule has 5 heteroatoms. The number of rotatable bonds is 5. The molecule has 1 saturated heterocycles. The molecule has 0 spiro atoms. The highest BCUT2D eigenvalue weighted by atomic mass is 16.2. The van der Waals surface area contributed by atoms with Gasteiger partial charge in [0.05, 0.1) is 6.04 Å². The van der Waals surface area contributed by atoms with Gasteiger partial charge in [-0.1, -0.05) is 37.3 Å². The van der Waals surface area contributed by atoms with Gasteiger partial charge >= 0.3 is 6.03 Å². The van der Waals surface area contributed by atoms with E-state index < -0.39 is 0 Å². The van der Waals surface area contributed by atoms with E-state index in [0.29, 0.717) is 5.92 Å². The average molecular weight is 338 g/mol. The minimum Gasteiger partial charge on any atom is -0.334 e. The van der Waals surface area contributed by atoms with Crippen molar-refractivity contribution in [1.29, 1.82) is 0 Å². The van der Waals surface area contributed by atoms with Crippen LogP contribution in [0, 0.1) is 5.92 Å². The van der Waals surface area contributed by atoms with E-state index in [9.17, 15) is 4.79 Å². The molecule has 1 aromatic heterocycles. The Morgan fingerprint density at radius 1 is 1.20 bits per heavy atom. The molecule has 0 unspecified atom stereocenters. The maximum Gasteiger partial charge on any atom is 0.315 e. The molecule has 1 aliphatic heterocycles. The van der Waals surface area contributed by atoms with Gasteiger partial charge in [-0.15, -0.1) is 0 Å². The molecule has 2 amide bonds. The lowest BCUT2D eigenvalue weighted by Crippen LogP contribution is -2.46. The number of amides is 2. The summed E-state index contributed by atoms with van der Waals surface area (Å²) in [4.78, 5) is 18.7. The van der Waals surface area contributed by atoms with E-state index >= 15 is 0 Å². The van der Waals surface area contributed by atoms with Gasteiger partial charge in [-0.05, 0) is 36.1 Å². The number of hydrogen-bond acceptors (Lipinski definition) is 3. The number of benzene rings is 1. The fourth-order valence-corrected chi connectivity index (χ4v) is 3.37. The number of nitrogens with one attached hydrogen (secondary N) is 2. The predicted octanol–water partition coefficient (Wildman–Crippen LogP) is 2.96. The summed E-state index contributed by atoms with van der Waals surface area (Å²) >= 11 is 0. The van der Waals surface area contributed by atoms with Gasteiger partial charge < -0.3 is 10.6 Å². The van der Waals surface area contributed by atoms with Crippen LogP contribution in [-0.2, 0) is 6.54 Å². The molecule has 3 rings (SSSR count). The van der Waals surface area contributed by atoms with Gasteiger partial charge in [0, 0.05) is 38.1 Å². The summed E-state index contributed by atoms with van der Waals surface area (Å²) in [5.74, 6) is 0.436. The van der Waals surface area contributed by atoms with Crippen molar-refractivity contribution in [1.82, 2.24) is 20.5 Å². The van der Waals surface area contributed by atoms with Crippen molar-refractivity contribution in [2.75, 3.05) is 13.1 Å². The van der Waals surface area contributed by atoms with Crippen molar-refractivity contribution < 1.29 is 4.79 Å². The Kier molecular flexibility index (Phi) is 5.66. The first-order valence-electron chi connectivity index (χ1n) is 8.85. The largest absolute Gasteiger partial charge is 0.334 e. The quantitative estimate of drug-likeness (QED) is 0.881. The average Bonchev–Trinajstić information content (AvgIpc) is 2.95. The van der Waals surface area contributed by atoms with E-state index in [1.165, 1.54) is 5.56 Å². The molecule has 25 heavy (non-hydrogen) atoms. The minimum atomic E-state index is -0.109. The molecule has 2 heterocycles. The SMILES string of the molecule is C[C@H](NC(=O)N[C@@H]1CN(Cc2ccccc2)C[C@@H]1C)c1ccncc1. The fraction of sp³-hybridized carbons (Fsp3) is 0.400. The zero-order chi connectivity index (χ0) is 17.6. The van der Waals surface area contributed by atoms with Crippen LogP contribution in [-0.4, -0.2) is 35.0 Å². The van der Waals surface area contributed by atoms with Gasteiger partial charge in [0.2, 0.25) is 0 Å². The van der Waals surface area contributed by atoms with Gasteiger partial charge in [-0.25, -0.2) is 4.79 Å². The number of likely N-dealkylation sites (tertiary alicyclic amines) is 1. The van der Waals surface area contributed by atoms with E-state index in [2.05, 4.69) is 51.7 Å². The third-order valence-corrected chi connectivity index (χ3v) is 4.81. The third-order valence-electron chi connectivity index (χ3n) is 4.81. The number of hydrogen-bond donors (Lipinski definition) is 2. The van der Waals surface area contributed by atoms with Crippen LogP contribution < -0.4 is 10.6 Å². The molecule has 2 aromatic rings. The number of pyridine rings is 1. The van der Waals surface area contributed by atoms with Crippen molar-refractivity contribution in [3.8, 4) is 0 Å². The zero-order valence-corrected chi connectivity index (χ0v) is 14.9. The van der Waals surface area contributed by atoms with Crippen LogP contribution in [0.3, 0.4) is 0 Å². The number of carbonyl (C=O) groups is 1. The molecule has 1 aliphatic rings. The molecular formula is C20H26N4O. The molecular weight excluding hydrogens is 312 g/mol. The number of nitrogens with zero attached hydrogens (tertiary/aromatic N) is 2. The first-order chi connectivity index (χ1) is 12.1. The molecule has 1 fully saturated rings. The van der Waals surface area contributed by atoms with Crippen LogP contribution in [0.15, 0.2) is 54.9 Å². The van der Waals surface area contributed by atoms with Crippen molar-refractivity contribution in [3.05, 3.63) is 66.0 Å². The Bertz CT molecular complexity index is 677. The van der Waals surface area contributed by atoms with E-state index in [1.807, 2.05) is 25.1 Å². The van der Waals surface area contributed by atoms with E-state index in [4.69, 9.17) is 0 Å². The van der Waals surface area contributed by atoms with Gasteiger partial charge in [-0.2, -0.15) is 0 Å². The summed E-state index contributed by atoms with van der Waals surface area (Å²) < 4.78 is 0. The highest BCUT2D eigenvalue weighted by Gasteiger charge is 2.30. The van der Waals surface area contributed by atoms with Crippen molar-refractivity contribution >= 4 is 6.03 Å². The monoisotopic (exact) mass is 338 g/mol. The number of carbonyl (C=O) groups excluding carboxylic acids is 1. The first-order valence-corrected chi connectivity index (χ1v) is 8.85. The van der Waals surface area contributed by atoms with Crippen LogP contribution in [0.2, 0.25) is 0 Å². The Morgan fingerprint density at radius 2 is 1.92 bits per heavy atom. The zero-order valence-electron chi connectivity index (χ0n) is 14.9. The predicted molar refractivity (Wildman–Crippen MR) is 99.0 cm³/mol. The molecule has 0 aliphatic carbocycles. The normalized spacial score (nSPS) is 21.7. The molecule has 0 radical (unpaired) electrons. The van der Waals surface area contributed by atoms with Crippen LogP contribution >= 0.6 is 0 Å². The van der Waals surface area contributed by atoms with E-state index in [0.717, 1.165) is 25.2 Å². The molecule has 0 bridgehead atoms. The Hall–Kier alpha value is -2.40. The van der Waals surface area contributed by atoms with Crippen molar-refractivity contribution in [2.24, 2.45) is 5.92 Å². The van der Waals surface area contributed by atoms with Gasteiger partial charge in [0.1, 0.15) is 0 Å². The molecule has 0 saturated carbocycles. The van der Waals surface area contributed by atoms with Crippen LogP contribution in [0.1, 0.15) is 31.0 Å². The summed E-state index contributed by atoms with van der Waals surface area (Å²) in [6.45, 7) is 6.99. The molecule has 2 N–H and O–H groups in total. The van der Waals surface area contributed by atoms with Crippen LogP contribution in [0.4, 0.5) is 4.79 Å². The first kappa shape index (κ1) is 17.4. The highest BCUT2D eigenvalue weighted by molar-refractivity contribution is 5.74. The van der Waals surface area contributed by atoms with Crippen LogP contribution in [0.5, 0.6) is 0 Å². The number of urea groups is 1.